The first kappa shape index (κ1) is 28.7. The van der Waals surface area contributed by atoms with Gasteiger partial charge in [-0.3, -0.25) is 10.1 Å². The zero-order valence-electron chi connectivity index (χ0n) is 20.7. The molecule has 0 spiro atoms. The molecule has 8 N–H and O–H groups in total. The molecule has 0 aromatic rings. The Balaban J connectivity index is 1.31. The molecule has 0 aromatic heterocycles. The Morgan fingerprint density at radius 1 is 1.06 bits per heavy atom. The number of halogens is 1. The minimum absolute atomic E-state index is 0.0263. The molecule has 0 aromatic carbocycles. The first-order valence-corrected chi connectivity index (χ1v) is 14.6. The molecule has 35 heavy (non-hydrogen) atoms. The number of nitrogens with two attached hydrogens (primary N) is 2. The summed E-state index contributed by atoms with van der Waals surface area (Å²) in [5.74, 6) is 0.707. The SMILES string of the molecule is NC(CNC1CCCC(C(=O)NCCC2CCCC(OS(=O)(=O)F)C2)C1)NC(N)C1CCNCC1. The van der Waals surface area contributed by atoms with Crippen molar-refractivity contribution in [2.45, 2.75) is 95.1 Å². The highest BCUT2D eigenvalue weighted by Crippen LogP contribution is 2.30. The summed E-state index contributed by atoms with van der Waals surface area (Å²) in [6.07, 6.45) is 8.39. The van der Waals surface area contributed by atoms with E-state index in [0.717, 1.165) is 70.9 Å². The maximum atomic E-state index is 12.8. The van der Waals surface area contributed by atoms with Crippen LogP contribution in [0.2, 0.25) is 0 Å². The fraction of sp³-hybridized carbons (Fsp3) is 0.957. The van der Waals surface area contributed by atoms with Gasteiger partial charge in [0.15, 0.2) is 0 Å². The van der Waals surface area contributed by atoms with Gasteiger partial charge in [0.2, 0.25) is 5.91 Å². The van der Waals surface area contributed by atoms with Crippen molar-refractivity contribution < 1.29 is 21.3 Å². The number of hydrogen-bond donors (Lipinski definition) is 6. The summed E-state index contributed by atoms with van der Waals surface area (Å²) in [6, 6.07) is 0.251. The molecule has 2 aliphatic carbocycles. The first-order valence-electron chi connectivity index (χ1n) is 13.3. The predicted octanol–water partition coefficient (Wildman–Crippen LogP) is 0.590. The van der Waals surface area contributed by atoms with Gasteiger partial charge in [0.05, 0.1) is 18.4 Å². The van der Waals surface area contributed by atoms with E-state index in [-0.39, 0.29) is 36.1 Å². The van der Waals surface area contributed by atoms with E-state index in [1.54, 1.807) is 0 Å². The largest absolute Gasteiger partial charge is 0.437 e. The van der Waals surface area contributed by atoms with E-state index >= 15 is 0 Å². The molecule has 6 unspecified atom stereocenters. The molecule has 2 saturated carbocycles. The Morgan fingerprint density at radius 3 is 2.54 bits per heavy atom. The number of carbonyl (C=O) groups excluding carboxylic acids is 1. The number of hydrogen-bond acceptors (Lipinski definition) is 9. The smallest absolute Gasteiger partial charge is 0.356 e. The van der Waals surface area contributed by atoms with Gasteiger partial charge in [0.1, 0.15) is 0 Å². The van der Waals surface area contributed by atoms with Crippen molar-refractivity contribution >= 4 is 16.4 Å². The Hall–Kier alpha value is -0.890. The molecule has 3 aliphatic rings. The quantitative estimate of drug-likeness (QED) is 0.160. The van der Waals surface area contributed by atoms with Crippen molar-refractivity contribution in [1.29, 1.82) is 0 Å². The third-order valence-corrected chi connectivity index (χ3v) is 8.31. The topological polar surface area (TPSA) is 161 Å². The van der Waals surface area contributed by atoms with Crippen LogP contribution in [0.15, 0.2) is 0 Å². The molecule has 1 aliphatic heterocycles. The van der Waals surface area contributed by atoms with Gasteiger partial charge < -0.3 is 27.4 Å². The molecule has 1 amide bonds. The van der Waals surface area contributed by atoms with E-state index in [4.69, 9.17) is 11.5 Å². The summed E-state index contributed by atoms with van der Waals surface area (Å²) in [5, 5.41) is 13.2. The highest BCUT2D eigenvalue weighted by Gasteiger charge is 2.29. The second-order valence-corrected chi connectivity index (χ2v) is 11.6. The van der Waals surface area contributed by atoms with E-state index in [2.05, 4.69) is 25.5 Å². The van der Waals surface area contributed by atoms with E-state index < -0.39 is 16.6 Å². The predicted molar refractivity (Wildman–Crippen MR) is 133 cm³/mol. The molecule has 0 bridgehead atoms. The lowest BCUT2D eigenvalue weighted by Gasteiger charge is -2.33. The highest BCUT2D eigenvalue weighted by molar-refractivity contribution is 7.81. The third kappa shape index (κ3) is 10.6. The normalized spacial score (nSPS) is 30.5. The van der Waals surface area contributed by atoms with E-state index in [9.17, 15) is 17.1 Å². The van der Waals surface area contributed by atoms with Gasteiger partial charge in [-0.1, -0.05) is 23.1 Å². The standard InChI is InChI=1S/C23H45FN6O4S/c24-35(32,33)34-20-6-1-3-16(13-20)7-12-28-23(31)18-4-2-5-19(14-18)29-15-21(25)30-22(26)17-8-10-27-11-9-17/h16-22,27,29-30H,1-15,25-26H2,(H,28,31). The number of amides is 1. The van der Waals surface area contributed by atoms with Crippen LogP contribution in [0, 0.1) is 17.8 Å². The zero-order chi connectivity index (χ0) is 25.3. The molecule has 12 heteroatoms. The number of carbonyl (C=O) groups is 1. The van der Waals surface area contributed by atoms with E-state index in [0.29, 0.717) is 31.8 Å². The van der Waals surface area contributed by atoms with Crippen molar-refractivity contribution in [3.8, 4) is 0 Å². The van der Waals surface area contributed by atoms with Crippen LogP contribution >= 0.6 is 0 Å². The molecule has 10 nitrogen and oxygen atoms in total. The van der Waals surface area contributed by atoms with Gasteiger partial charge in [-0.15, -0.1) is 0 Å². The van der Waals surface area contributed by atoms with Gasteiger partial charge in [0.25, 0.3) is 0 Å². The monoisotopic (exact) mass is 520 g/mol. The van der Waals surface area contributed by atoms with Crippen LogP contribution in [0.1, 0.15) is 70.6 Å². The van der Waals surface area contributed by atoms with Crippen molar-refractivity contribution in [3.63, 3.8) is 0 Å². The van der Waals surface area contributed by atoms with Gasteiger partial charge >= 0.3 is 10.5 Å². The van der Waals surface area contributed by atoms with E-state index in [1.165, 1.54) is 0 Å². The Kier molecular flexibility index (Phi) is 11.6. The molecule has 204 valence electrons. The van der Waals surface area contributed by atoms with E-state index in [1.807, 2.05) is 0 Å². The molecule has 3 fully saturated rings. The fourth-order valence-electron chi connectivity index (χ4n) is 5.85. The lowest BCUT2D eigenvalue weighted by molar-refractivity contribution is -0.126. The number of nitrogens with one attached hydrogen (secondary N) is 4. The molecular weight excluding hydrogens is 475 g/mol. The van der Waals surface area contributed by atoms with Crippen molar-refractivity contribution in [2.75, 3.05) is 26.2 Å². The van der Waals surface area contributed by atoms with Crippen LogP contribution < -0.4 is 32.7 Å². The average molecular weight is 521 g/mol. The summed E-state index contributed by atoms with van der Waals surface area (Å²) in [7, 11) is -4.92. The maximum absolute atomic E-state index is 12.8. The molecule has 1 saturated heterocycles. The second kappa shape index (κ2) is 14.2. The number of piperidine rings is 1. The lowest BCUT2D eigenvalue weighted by atomic mass is 9.84. The Labute approximate surface area is 209 Å². The maximum Gasteiger partial charge on any atom is 0.437 e. The number of rotatable bonds is 12. The lowest BCUT2D eigenvalue weighted by Crippen LogP contribution is -2.57. The molecular formula is C23H45FN6O4S. The van der Waals surface area contributed by atoms with Crippen molar-refractivity contribution in [1.82, 2.24) is 21.3 Å². The molecule has 6 atom stereocenters. The zero-order valence-corrected chi connectivity index (χ0v) is 21.5. The minimum atomic E-state index is -4.92. The minimum Gasteiger partial charge on any atom is -0.356 e. The highest BCUT2D eigenvalue weighted by atomic mass is 32.3. The van der Waals surface area contributed by atoms with Gasteiger partial charge in [-0.25, -0.2) is 4.18 Å². The second-order valence-electron chi connectivity index (χ2n) is 10.6. The summed E-state index contributed by atoms with van der Waals surface area (Å²) in [5.41, 5.74) is 12.6. The molecule has 3 rings (SSSR count). The summed E-state index contributed by atoms with van der Waals surface area (Å²) in [6.45, 7) is 3.14. The van der Waals surface area contributed by atoms with Crippen LogP contribution in [0.4, 0.5) is 3.89 Å². The fourth-order valence-corrected chi connectivity index (χ4v) is 6.35. The van der Waals surface area contributed by atoms with Crippen LogP contribution in [0.3, 0.4) is 0 Å². The van der Waals surface area contributed by atoms with Gasteiger partial charge in [0, 0.05) is 25.0 Å². The summed E-state index contributed by atoms with van der Waals surface area (Å²) in [4.78, 5) is 12.7. The van der Waals surface area contributed by atoms with Crippen LogP contribution in [-0.4, -0.2) is 65.0 Å². The third-order valence-electron chi connectivity index (χ3n) is 7.81. The van der Waals surface area contributed by atoms with Crippen molar-refractivity contribution in [3.05, 3.63) is 0 Å². The Bertz CT molecular complexity index is 754. The van der Waals surface area contributed by atoms with Crippen LogP contribution in [0.5, 0.6) is 0 Å². The summed E-state index contributed by atoms with van der Waals surface area (Å²) < 4.78 is 38.8. The molecule has 1 heterocycles. The van der Waals surface area contributed by atoms with Crippen LogP contribution in [-0.2, 0) is 19.5 Å². The van der Waals surface area contributed by atoms with Crippen molar-refractivity contribution in [2.24, 2.45) is 29.2 Å². The Morgan fingerprint density at radius 2 is 1.80 bits per heavy atom. The molecule has 0 radical (unpaired) electrons. The van der Waals surface area contributed by atoms with Gasteiger partial charge in [-0.2, -0.15) is 8.42 Å². The first-order chi connectivity index (χ1) is 16.7. The average Bonchev–Trinajstić information content (AvgIpc) is 2.82. The van der Waals surface area contributed by atoms with Crippen LogP contribution in [0.25, 0.3) is 0 Å². The van der Waals surface area contributed by atoms with Gasteiger partial charge in [-0.05, 0) is 76.3 Å². The summed E-state index contributed by atoms with van der Waals surface area (Å²) >= 11 is 0.